The normalized spacial score (nSPS) is 15.0. The van der Waals surface area contributed by atoms with Crippen LogP contribution in [0.25, 0.3) is 10.9 Å². The van der Waals surface area contributed by atoms with Crippen molar-refractivity contribution in [2.45, 2.75) is 59.6 Å². The Bertz CT molecular complexity index is 1400. The summed E-state index contributed by atoms with van der Waals surface area (Å²) in [4.78, 5) is 30.7. The third kappa shape index (κ3) is 7.80. The molecule has 1 aromatic heterocycles. The number of ether oxygens (including phenoxy) is 2. The quantitative estimate of drug-likeness (QED) is 0.147. The molecule has 0 bridgehead atoms. The Kier molecular flexibility index (Phi) is 11.6. The van der Waals surface area contributed by atoms with Gasteiger partial charge >= 0.3 is 5.97 Å². The number of pyridine rings is 1. The van der Waals surface area contributed by atoms with E-state index in [9.17, 15) is 9.59 Å². The Morgan fingerprint density at radius 1 is 0.952 bits per heavy atom. The molecule has 0 amide bonds. The predicted octanol–water partition coefficient (Wildman–Crippen LogP) is 7.42. The topological polar surface area (TPSA) is 64.0 Å². The standard InChI is InChI=1S/C33H43Cl2N3O4/c1-5-24(6-2)33(40)42-32(23(3)4)38-29-22-26(14-12-25(29)13-15-30(38)39)41-21-8-7-16-36-17-19-37(20-18-36)28-11-9-10-27(34)31(28)35/h9-15,22-24,32H,5-8,16-21H2,1-4H3. The average Bonchev–Trinajstić information content (AvgIpc) is 2.98. The molecule has 1 aliphatic heterocycles. The number of carbonyl (C=O) groups excluding carboxylic acids is 1. The number of carbonyl (C=O) groups is 1. The van der Waals surface area contributed by atoms with E-state index in [0.717, 1.165) is 56.6 Å². The fraction of sp³-hybridized carbons (Fsp3) is 0.515. The molecule has 0 aliphatic carbocycles. The van der Waals surface area contributed by atoms with Crippen LogP contribution in [0.5, 0.6) is 5.75 Å². The van der Waals surface area contributed by atoms with Gasteiger partial charge in [0.25, 0.3) is 5.56 Å². The van der Waals surface area contributed by atoms with Crippen molar-refractivity contribution in [1.29, 1.82) is 0 Å². The number of unbranched alkanes of at least 4 members (excludes halogenated alkanes) is 1. The molecule has 228 valence electrons. The molecule has 1 aliphatic rings. The largest absolute Gasteiger partial charge is 0.494 e. The van der Waals surface area contributed by atoms with Crippen LogP contribution in [-0.2, 0) is 9.53 Å². The second-order valence-electron chi connectivity index (χ2n) is 11.3. The Hall–Kier alpha value is -2.74. The van der Waals surface area contributed by atoms with Gasteiger partial charge in [-0.1, -0.05) is 57.0 Å². The smallest absolute Gasteiger partial charge is 0.310 e. The summed E-state index contributed by atoms with van der Waals surface area (Å²) < 4.78 is 13.7. The molecule has 1 unspecified atom stereocenters. The Balaban J connectivity index is 1.33. The number of piperazine rings is 1. The lowest BCUT2D eigenvalue weighted by Gasteiger charge is -2.36. The minimum Gasteiger partial charge on any atom is -0.494 e. The van der Waals surface area contributed by atoms with Crippen LogP contribution in [0.4, 0.5) is 5.69 Å². The van der Waals surface area contributed by atoms with Crippen molar-refractivity contribution in [2.24, 2.45) is 11.8 Å². The second-order valence-corrected chi connectivity index (χ2v) is 12.1. The monoisotopic (exact) mass is 615 g/mol. The molecular weight excluding hydrogens is 573 g/mol. The Morgan fingerprint density at radius 3 is 2.36 bits per heavy atom. The zero-order valence-corrected chi connectivity index (χ0v) is 26.7. The van der Waals surface area contributed by atoms with E-state index in [4.69, 9.17) is 32.7 Å². The first-order valence-corrected chi connectivity index (χ1v) is 15.9. The minimum atomic E-state index is -0.695. The number of esters is 1. The maximum absolute atomic E-state index is 13.1. The van der Waals surface area contributed by atoms with Gasteiger partial charge in [-0.3, -0.25) is 19.1 Å². The molecule has 4 rings (SSSR count). The molecular formula is C33H43Cl2N3O4. The first-order valence-electron chi connectivity index (χ1n) is 15.1. The highest BCUT2D eigenvalue weighted by Gasteiger charge is 2.26. The SMILES string of the molecule is CCC(CC)C(=O)OC(C(C)C)n1c(=O)ccc2ccc(OCCCCN3CCN(c4cccc(Cl)c4Cl)CC3)cc21. The van der Waals surface area contributed by atoms with E-state index in [1.54, 1.807) is 10.6 Å². The van der Waals surface area contributed by atoms with Crippen molar-refractivity contribution < 1.29 is 14.3 Å². The van der Waals surface area contributed by atoms with Gasteiger partial charge in [0, 0.05) is 44.2 Å². The lowest BCUT2D eigenvalue weighted by Crippen LogP contribution is -2.46. The van der Waals surface area contributed by atoms with Gasteiger partial charge in [-0.05, 0) is 67.9 Å². The van der Waals surface area contributed by atoms with Gasteiger partial charge in [-0.2, -0.15) is 0 Å². The molecule has 2 heterocycles. The van der Waals surface area contributed by atoms with Crippen LogP contribution >= 0.6 is 23.2 Å². The molecule has 1 atom stereocenters. The number of nitrogens with zero attached hydrogens (tertiary/aromatic N) is 3. The van der Waals surface area contributed by atoms with Crippen LogP contribution in [0.3, 0.4) is 0 Å². The van der Waals surface area contributed by atoms with Crippen LogP contribution in [0.15, 0.2) is 53.3 Å². The number of aromatic nitrogens is 1. The number of anilines is 1. The summed E-state index contributed by atoms with van der Waals surface area (Å²) in [6.07, 6.45) is 2.66. The number of hydrogen-bond acceptors (Lipinski definition) is 6. The molecule has 0 saturated carbocycles. The van der Waals surface area contributed by atoms with Crippen LogP contribution in [0, 0.1) is 11.8 Å². The molecule has 9 heteroatoms. The van der Waals surface area contributed by atoms with Gasteiger partial charge in [-0.15, -0.1) is 0 Å². The summed E-state index contributed by atoms with van der Waals surface area (Å²) in [6, 6.07) is 14.9. The highest BCUT2D eigenvalue weighted by atomic mass is 35.5. The number of hydrogen-bond donors (Lipinski definition) is 0. The third-order valence-corrected chi connectivity index (χ3v) is 8.88. The average molecular weight is 617 g/mol. The first kappa shape index (κ1) is 32.2. The fourth-order valence-corrected chi connectivity index (χ4v) is 5.90. The van der Waals surface area contributed by atoms with E-state index < -0.39 is 6.23 Å². The molecule has 3 aromatic rings. The van der Waals surface area contributed by atoms with Gasteiger partial charge in [0.1, 0.15) is 5.75 Å². The van der Waals surface area contributed by atoms with Crippen LogP contribution < -0.4 is 15.2 Å². The van der Waals surface area contributed by atoms with Crippen molar-refractivity contribution >= 4 is 45.8 Å². The summed E-state index contributed by atoms with van der Waals surface area (Å²) in [6.45, 7) is 13.3. The maximum Gasteiger partial charge on any atom is 0.310 e. The van der Waals surface area contributed by atoms with Gasteiger partial charge in [0.05, 0.1) is 33.8 Å². The fourth-order valence-electron chi connectivity index (χ4n) is 5.49. The van der Waals surface area contributed by atoms with Crippen molar-refractivity contribution in [3.8, 4) is 5.75 Å². The van der Waals surface area contributed by atoms with E-state index in [-0.39, 0.29) is 23.4 Å². The van der Waals surface area contributed by atoms with E-state index in [0.29, 0.717) is 40.8 Å². The predicted molar refractivity (Wildman–Crippen MR) is 172 cm³/mol. The summed E-state index contributed by atoms with van der Waals surface area (Å²) in [5.74, 6) is 0.175. The molecule has 0 radical (unpaired) electrons. The molecule has 1 saturated heterocycles. The molecule has 7 nitrogen and oxygen atoms in total. The van der Waals surface area contributed by atoms with E-state index >= 15 is 0 Å². The van der Waals surface area contributed by atoms with Gasteiger partial charge in [0.15, 0.2) is 6.23 Å². The lowest BCUT2D eigenvalue weighted by molar-refractivity contribution is -0.162. The van der Waals surface area contributed by atoms with E-state index in [1.807, 2.05) is 64.1 Å². The van der Waals surface area contributed by atoms with Crippen LogP contribution in [-0.4, -0.2) is 54.8 Å². The Labute approximate surface area is 259 Å². The third-order valence-electron chi connectivity index (χ3n) is 8.07. The van der Waals surface area contributed by atoms with Gasteiger partial charge < -0.3 is 14.4 Å². The number of benzene rings is 2. The van der Waals surface area contributed by atoms with Gasteiger partial charge in [-0.25, -0.2) is 0 Å². The summed E-state index contributed by atoms with van der Waals surface area (Å²) in [7, 11) is 0. The number of fused-ring (bicyclic) bond motifs is 1. The maximum atomic E-state index is 13.1. The summed E-state index contributed by atoms with van der Waals surface area (Å²) >= 11 is 12.6. The molecule has 0 N–H and O–H groups in total. The minimum absolute atomic E-state index is 0.0828. The highest BCUT2D eigenvalue weighted by molar-refractivity contribution is 6.43. The zero-order chi connectivity index (χ0) is 30.2. The van der Waals surface area contributed by atoms with Crippen molar-refractivity contribution in [3.63, 3.8) is 0 Å². The van der Waals surface area contributed by atoms with Crippen LogP contribution in [0.1, 0.15) is 59.6 Å². The Morgan fingerprint density at radius 2 is 1.67 bits per heavy atom. The number of rotatable bonds is 13. The van der Waals surface area contributed by atoms with Crippen molar-refractivity contribution in [1.82, 2.24) is 9.47 Å². The van der Waals surface area contributed by atoms with Crippen LogP contribution in [0.2, 0.25) is 10.0 Å². The zero-order valence-electron chi connectivity index (χ0n) is 25.2. The molecule has 2 aromatic carbocycles. The highest BCUT2D eigenvalue weighted by Crippen LogP contribution is 2.33. The summed E-state index contributed by atoms with van der Waals surface area (Å²) in [5.41, 5.74) is 1.50. The molecule has 1 fully saturated rings. The van der Waals surface area contributed by atoms with E-state index in [2.05, 4.69) is 9.80 Å². The number of halogens is 2. The first-order chi connectivity index (χ1) is 20.2. The molecule has 0 spiro atoms. The van der Waals surface area contributed by atoms with Crippen molar-refractivity contribution in [2.75, 3.05) is 44.2 Å². The lowest BCUT2D eigenvalue weighted by atomic mass is 10.0. The van der Waals surface area contributed by atoms with Crippen molar-refractivity contribution in [3.05, 3.63) is 68.9 Å². The summed E-state index contributed by atoms with van der Waals surface area (Å²) in [5, 5.41) is 2.11. The van der Waals surface area contributed by atoms with Gasteiger partial charge in [0.2, 0.25) is 0 Å². The molecule has 42 heavy (non-hydrogen) atoms. The van der Waals surface area contributed by atoms with E-state index in [1.165, 1.54) is 6.07 Å². The second kappa shape index (κ2) is 15.1.